The highest BCUT2D eigenvalue weighted by Gasteiger charge is 2.52. The van der Waals surface area contributed by atoms with Crippen LogP contribution in [0, 0.1) is 17.1 Å². The van der Waals surface area contributed by atoms with E-state index in [0.717, 1.165) is 0 Å². The van der Waals surface area contributed by atoms with Crippen LogP contribution in [0.4, 0.5) is 8.78 Å². The first kappa shape index (κ1) is 21.5. The predicted molar refractivity (Wildman–Crippen MR) is 107 cm³/mol. The van der Waals surface area contributed by atoms with Crippen molar-refractivity contribution in [2.24, 2.45) is 10.7 Å². The van der Waals surface area contributed by atoms with Crippen molar-refractivity contribution >= 4 is 11.6 Å². The highest BCUT2D eigenvalue weighted by Crippen LogP contribution is 2.45. The SMILES string of the molecule is CC[C@]1(c2cc(CC(=O)c3ccc(C#N)cn3)ccc2F)N=C(N)COCC1(C)F. The zero-order valence-corrected chi connectivity index (χ0v) is 16.8. The number of hydrogen-bond donors (Lipinski definition) is 1. The van der Waals surface area contributed by atoms with Gasteiger partial charge in [-0.2, -0.15) is 5.26 Å². The van der Waals surface area contributed by atoms with E-state index < -0.39 is 17.0 Å². The first-order valence-corrected chi connectivity index (χ1v) is 9.51. The molecule has 8 heteroatoms. The molecule has 2 heterocycles. The number of amidine groups is 1. The Hall–Kier alpha value is -3.18. The van der Waals surface area contributed by atoms with Gasteiger partial charge in [0.1, 0.15) is 35.6 Å². The van der Waals surface area contributed by atoms with E-state index in [1.807, 2.05) is 6.07 Å². The lowest BCUT2D eigenvalue weighted by Crippen LogP contribution is -2.48. The average molecular weight is 412 g/mol. The minimum atomic E-state index is -2.01. The van der Waals surface area contributed by atoms with Gasteiger partial charge in [-0.15, -0.1) is 0 Å². The fourth-order valence-corrected chi connectivity index (χ4v) is 3.74. The summed E-state index contributed by atoms with van der Waals surface area (Å²) in [6.07, 6.45) is 1.40. The largest absolute Gasteiger partial charge is 0.386 e. The average Bonchev–Trinajstić information content (AvgIpc) is 2.84. The Morgan fingerprint density at radius 3 is 2.77 bits per heavy atom. The predicted octanol–water partition coefficient (Wildman–Crippen LogP) is 3.24. The normalized spacial score (nSPS) is 23.9. The minimum absolute atomic E-state index is 0.0292. The molecule has 0 spiro atoms. The minimum Gasteiger partial charge on any atom is -0.386 e. The highest BCUT2D eigenvalue weighted by atomic mass is 19.1. The Labute approximate surface area is 173 Å². The lowest BCUT2D eigenvalue weighted by molar-refractivity contribution is -0.00941. The van der Waals surface area contributed by atoms with Crippen molar-refractivity contribution in [3.05, 3.63) is 64.7 Å². The second-order valence-corrected chi connectivity index (χ2v) is 7.47. The van der Waals surface area contributed by atoms with Crippen LogP contribution < -0.4 is 5.73 Å². The Bertz CT molecular complexity index is 1030. The molecule has 0 saturated carbocycles. The van der Waals surface area contributed by atoms with Gasteiger partial charge in [-0.1, -0.05) is 13.0 Å². The molecule has 2 atom stereocenters. The van der Waals surface area contributed by atoms with Gasteiger partial charge in [0.15, 0.2) is 11.5 Å². The molecule has 1 aliphatic rings. The lowest BCUT2D eigenvalue weighted by Gasteiger charge is -2.39. The molecular weight excluding hydrogens is 390 g/mol. The third-order valence-corrected chi connectivity index (χ3v) is 5.35. The van der Waals surface area contributed by atoms with Crippen molar-refractivity contribution in [1.82, 2.24) is 4.98 Å². The molecule has 0 bridgehead atoms. The number of alkyl halides is 1. The van der Waals surface area contributed by atoms with Gasteiger partial charge in [0.25, 0.3) is 0 Å². The lowest BCUT2D eigenvalue weighted by atomic mass is 9.74. The fourth-order valence-electron chi connectivity index (χ4n) is 3.74. The summed E-state index contributed by atoms with van der Waals surface area (Å²) < 4.78 is 35.8. The number of benzene rings is 1. The van der Waals surface area contributed by atoms with Gasteiger partial charge in [-0.25, -0.2) is 8.78 Å². The van der Waals surface area contributed by atoms with E-state index in [9.17, 15) is 9.18 Å². The number of carbonyl (C=O) groups is 1. The summed E-state index contributed by atoms with van der Waals surface area (Å²) in [5, 5.41) is 8.84. The molecule has 2 aromatic rings. The van der Waals surface area contributed by atoms with E-state index in [-0.39, 0.29) is 48.9 Å². The summed E-state index contributed by atoms with van der Waals surface area (Å²) in [4.78, 5) is 20.9. The molecule has 2 N–H and O–H groups in total. The van der Waals surface area contributed by atoms with Crippen LogP contribution >= 0.6 is 0 Å². The van der Waals surface area contributed by atoms with Gasteiger partial charge in [0.05, 0.1) is 12.2 Å². The Morgan fingerprint density at radius 1 is 1.37 bits per heavy atom. The topological polar surface area (TPSA) is 101 Å². The molecule has 1 aliphatic heterocycles. The third kappa shape index (κ3) is 3.94. The van der Waals surface area contributed by atoms with E-state index in [2.05, 4.69) is 9.98 Å². The fraction of sp³-hybridized carbons (Fsp3) is 0.364. The summed E-state index contributed by atoms with van der Waals surface area (Å²) in [7, 11) is 0. The van der Waals surface area contributed by atoms with Crippen LogP contribution in [0.25, 0.3) is 0 Å². The number of Topliss-reactive ketones (excluding diaryl/α,β-unsaturated/α-hetero) is 1. The molecule has 156 valence electrons. The number of ketones is 1. The number of nitriles is 1. The maximum absolute atomic E-state index is 15.7. The van der Waals surface area contributed by atoms with Gasteiger partial charge in [-0.3, -0.25) is 14.8 Å². The molecule has 0 fully saturated rings. The number of aromatic nitrogens is 1. The Morgan fingerprint density at radius 2 is 2.13 bits per heavy atom. The molecule has 1 aromatic heterocycles. The van der Waals surface area contributed by atoms with Crippen molar-refractivity contribution in [2.75, 3.05) is 13.2 Å². The van der Waals surface area contributed by atoms with Gasteiger partial charge in [-0.05, 0) is 43.2 Å². The van der Waals surface area contributed by atoms with E-state index in [0.29, 0.717) is 11.1 Å². The van der Waals surface area contributed by atoms with E-state index in [1.54, 1.807) is 6.92 Å². The smallest absolute Gasteiger partial charge is 0.185 e. The number of carbonyl (C=O) groups excluding carboxylic acids is 1. The summed E-state index contributed by atoms with van der Waals surface area (Å²) in [6.45, 7) is 2.70. The number of nitrogens with zero attached hydrogens (tertiary/aromatic N) is 3. The second kappa shape index (κ2) is 8.28. The van der Waals surface area contributed by atoms with Crippen molar-refractivity contribution in [2.45, 2.75) is 37.9 Å². The van der Waals surface area contributed by atoms with Gasteiger partial charge in [0, 0.05) is 18.2 Å². The standard InChI is InChI=1S/C22H22F2N4O2/c1-3-22(21(2,24)13-30-12-20(26)28-22)16-8-14(4-6-17(16)23)9-19(29)18-7-5-15(10-25)11-27-18/h4-8,11H,3,9,12-13H2,1-2H3,(H2,26,28)/t21?,22-/m1/s1. The first-order valence-electron chi connectivity index (χ1n) is 9.51. The molecule has 1 unspecified atom stereocenters. The van der Waals surface area contributed by atoms with Gasteiger partial charge >= 0.3 is 0 Å². The molecule has 6 nitrogen and oxygen atoms in total. The first-order chi connectivity index (χ1) is 14.2. The molecule has 3 rings (SSSR count). The number of rotatable bonds is 5. The Balaban J connectivity index is 2.00. The van der Waals surface area contributed by atoms with Crippen LogP contribution in [0.15, 0.2) is 41.5 Å². The molecular formula is C22H22F2N4O2. The van der Waals surface area contributed by atoms with Crippen molar-refractivity contribution < 1.29 is 18.3 Å². The van der Waals surface area contributed by atoms with Crippen LogP contribution in [0.5, 0.6) is 0 Å². The van der Waals surface area contributed by atoms with Crippen molar-refractivity contribution in [1.29, 1.82) is 5.26 Å². The number of ether oxygens (including phenoxy) is 1. The van der Waals surface area contributed by atoms with Crippen LogP contribution in [-0.2, 0) is 16.7 Å². The summed E-state index contributed by atoms with van der Waals surface area (Å²) in [6, 6.07) is 9.03. The molecule has 0 saturated heterocycles. The van der Waals surface area contributed by atoms with Gasteiger partial charge in [0.2, 0.25) is 0 Å². The van der Waals surface area contributed by atoms with Crippen molar-refractivity contribution in [3.8, 4) is 6.07 Å². The number of nitrogens with two attached hydrogens (primary N) is 1. The van der Waals surface area contributed by atoms with Crippen molar-refractivity contribution in [3.63, 3.8) is 0 Å². The number of aliphatic imine (C=N–C) groups is 1. The monoisotopic (exact) mass is 412 g/mol. The van der Waals surface area contributed by atoms with Crippen LogP contribution in [-0.4, -0.2) is 35.5 Å². The summed E-state index contributed by atoms with van der Waals surface area (Å²) in [5.74, 6) is -0.856. The van der Waals surface area contributed by atoms with Crippen LogP contribution in [0.2, 0.25) is 0 Å². The Kier molecular flexibility index (Phi) is 5.94. The molecule has 30 heavy (non-hydrogen) atoms. The van der Waals surface area contributed by atoms with E-state index in [1.165, 1.54) is 43.5 Å². The van der Waals surface area contributed by atoms with Crippen LogP contribution in [0.1, 0.15) is 47.4 Å². The zero-order chi connectivity index (χ0) is 21.9. The molecule has 0 amide bonds. The van der Waals surface area contributed by atoms with Crippen LogP contribution in [0.3, 0.4) is 0 Å². The zero-order valence-electron chi connectivity index (χ0n) is 16.8. The second-order valence-electron chi connectivity index (χ2n) is 7.47. The summed E-state index contributed by atoms with van der Waals surface area (Å²) in [5.41, 5.74) is 3.32. The quantitative estimate of drug-likeness (QED) is 0.760. The maximum Gasteiger partial charge on any atom is 0.185 e. The molecule has 0 radical (unpaired) electrons. The number of halogens is 2. The number of pyridine rings is 1. The summed E-state index contributed by atoms with van der Waals surface area (Å²) >= 11 is 0. The van der Waals surface area contributed by atoms with E-state index >= 15 is 4.39 Å². The van der Waals surface area contributed by atoms with Gasteiger partial charge < -0.3 is 10.5 Å². The van der Waals surface area contributed by atoms with E-state index in [4.69, 9.17) is 15.7 Å². The number of hydrogen-bond acceptors (Lipinski definition) is 6. The highest BCUT2D eigenvalue weighted by molar-refractivity contribution is 5.95. The maximum atomic E-state index is 15.7. The third-order valence-electron chi connectivity index (χ3n) is 5.35. The molecule has 1 aromatic carbocycles. The molecule has 0 aliphatic carbocycles.